The number of carbonyl (C=O) groups is 1. The predicted octanol–water partition coefficient (Wildman–Crippen LogP) is 7.84. The fraction of sp³-hybridized carbons (Fsp3) is 0.621. The van der Waals surface area contributed by atoms with Crippen molar-refractivity contribution >= 4 is 28.6 Å². The third-order valence-corrected chi connectivity index (χ3v) is 16.6. The van der Waals surface area contributed by atoms with Crippen molar-refractivity contribution in [3.05, 3.63) is 54.1 Å². The highest BCUT2D eigenvalue weighted by molar-refractivity contribution is 6.74. The molecule has 7 heteroatoms. The molecule has 0 saturated heterocycles. The first-order valence-corrected chi connectivity index (χ1v) is 18.8. The Bertz CT molecular complexity index is 868. The monoisotopic (exact) mass is 533 g/mol. The van der Waals surface area contributed by atoms with E-state index in [2.05, 4.69) is 92.0 Å². The fourth-order valence-corrected chi connectivity index (χ4v) is 5.73. The summed E-state index contributed by atoms with van der Waals surface area (Å²) in [5.41, 5.74) is 1.15. The zero-order valence-electron chi connectivity index (χ0n) is 24.8. The van der Waals surface area contributed by atoms with Crippen LogP contribution in [0, 0.1) is 0 Å². The van der Waals surface area contributed by atoms with Gasteiger partial charge in [0.25, 0.3) is 5.91 Å². The number of hydrogen-bond acceptors (Lipinski definition) is 4. The van der Waals surface area contributed by atoms with Crippen LogP contribution in [0.5, 0.6) is 0 Å². The molecule has 0 unspecified atom stereocenters. The minimum absolute atomic E-state index is 0.0713. The molecule has 36 heavy (non-hydrogen) atoms. The Hall–Kier alpha value is -1.52. The van der Waals surface area contributed by atoms with E-state index in [1.165, 1.54) is 12.2 Å². The second-order valence-corrected chi connectivity index (χ2v) is 22.1. The quantitative estimate of drug-likeness (QED) is 0.156. The second kappa shape index (κ2) is 13.3. The van der Waals surface area contributed by atoms with Gasteiger partial charge in [-0.2, -0.15) is 0 Å². The van der Waals surface area contributed by atoms with Crippen molar-refractivity contribution in [1.29, 1.82) is 0 Å². The van der Waals surface area contributed by atoms with Crippen molar-refractivity contribution in [3.63, 3.8) is 0 Å². The maximum Gasteiger partial charge on any atom is 0.269 e. The minimum Gasteiger partial charge on any atom is -0.414 e. The molecule has 0 aliphatic rings. The Labute approximate surface area is 223 Å². The van der Waals surface area contributed by atoms with E-state index in [0.717, 1.165) is 12.0 Å². The first kappa shape index (κ1) is 32.5. The first-order chi connectivity index (χ1) is 16.4. The topological polar surface area (TPSA) is 48.0 Å². The highest BCUT2D eigenvalue weighted by atomic mass is 28.4. The van der Waals surface area contributed by atoms with Gasteiger partial charge in [0.05, 0.1) is 19.3 Å². The van der Waals surface area contributed by atoms with Gasteiger partial charge in [-0.25, -0.2) is 5.06 Å². The van der Waals surface area contributed by atoms with Crippen molar-refractivity contribution < 1.29 is 18.5 Å². The van der Waals surface area contributed by atoms with Gasteiger partial charge in [0, 0.05) is 19.5 Å². The number of hydrogen-bond donors (Lipinski definition) is 0. The number of amides is 1. The van der Waals surface area contributed by atoms with Crippen LogP contribution < -0.4 is 0 Å². The molecule has 0 aliphatic carbocycles. The van der Waals surface area contributed by atoms with Crippen molar-refractivity contribution in [3.8, 4) is 0 Å². The summed E-state index contributed by atoms with van der Waals surface area (Å²) in [4.78, 5) is 17.2. The van der Waals surface area contributed by atoms with Crippen LogP contribution in [0.3, 0.4) is 0 Å². The molecule has 5 nitrogen and oxygen atoms in total. The predicted molar refractivity (Wildman–Crippen MR) is 158 cm³/mol. The standard InChI is InChI=1S/C29H51NO4Si2/c1-28(2,3)35(9,10)33-25(19-16-20-27(31)30(7)32-8)23-26(34-36(11,12)29(4,5)6)22-21-24-17-14-13-15-18-24/h13-18,20-22,25-26H,19,23H2,1-12H3/b20-16+,22-21+/t25-,26-/m0/s1. The third kappa shape index (κ3) is 10.5. The van der Waals surface area contributed by atoms with Crippen LogP contribution in [-0.4, -0.2) is 54.0 Å². The van der Waals surface area contributed by atoms with Gasteiger partial charge in [0.15, 0.2) is 16.6 Å². The number of carbonyl (C=O) groups excluding carboxylic acids is 1. The molecular formula is C29H51NO4Si2. The highest BCUT2D eigenvalue weighted by Gasteiger charge is 2.41. The lowest BCUT2D eigenvalue weighted by Gasteiger charge is -2.42. The Morgan fingerprint density at radius 1 is 0.944 bits per heavy atom. The molecule has 1 amide bonds. The molecule has 1 rings (SSSR count). The summed E-state index contributed by atoms with van der Waals surface area (Å²) in [6.07, 6.45) is 8.99. The maximum absolute atomic E-state index is 12.2. The van der Waals surface area contributed by atoms with Gasteiger partial charge in [0.2, 0.25) is 0 Å². The van der Waals surface area contributed by atoms with Crippen molar-refractivity contribution in [2.24, 2.45) is 0 Å². The van der Waals surface area contributed by atoms with Crippen LogP contribution in [0.15, 0.2) is 48.6 Å². The average Bonchev–Trinajstić information content (AvgIpc) is 2.75. The Morgan fingerprint density at radius 3 is 1.97 bits per heavy atom. The van der Waals surface area contributed by atoms with Gasteiger partial charge >= 0.3 is 0 Å². The van der Waals surface area contributed by atoms with Gasteiger partial charge < -0.3 is 8.85 Å². The summed E-state index contributed by atoms with van der Waals surface area (Å²) in [5, 5.41) is 1.39. The van der Waals surface area contributed by atoms with E-state index in [-0.39, 0.29) is 28.2 Å². The number of rotatable bonds is 12. The Kier molecular flexibility index (Phi) is 12.0. The van der Waals surface area contributed by atoms with Gasteiger partial charge in [0.1, 0.15) is 0 Å². The molecule has 0 aliphatic heterocycles. The summed E-state index contributed by atoms with van der Waals surface area (Å²) >= 11 is 0. The second-order valence-electron chi connectivity index (χ2n) is 12.6. The molecular weight excluding hydrogens is 482 g/mol. The molecule has 0 N–H and O–H groups in total. The molecule has 2 atom stereocenters. The molecule has 1 aromatic rings. The molecule has 0 spiro atoms. The lowest BCUT2D eigenvalue weighted by Crippen LogP contribution is -2.47. The molecule has 0 aromatic heterocycles. The molecule has 204 valence electrons. The summed E-state index contributed by atoms with van der Waals surface area (Å²) < 4.78 is 13.8. The Balaban J connectivity index is 3.28. The van der Waals surface area contributed by atoms with E-state index < -0.39 is 16.6 Å². The summed E-state index contributed by atoms with van der Waals surface area (Å²) in [5.74, 6) is -0.193. The molecule has 1 aromatic carbocycles. The van der Waals surface area contributed by atoms with Crippen LogP contribution in [0.4, 0.5) is 0 Å². The molecule has 0 saturated carbocycles. The summed E-state index contributed by atoms with van der Waals surface area (Å²) in [6.45, 7) is 22.7. The number of likely N-dealkylation sites (N-methyl/N-ethyl adjacent to an activating group) is 1. The normalized spacial score (nSPS) is 15.4. The summed E-state index contributed by atoms with van der Waals surface area (Å²) in [6, 6.07) is 10.3. The lowest BCUT2D eigenvalue weighted by atomic mass is 10.1. The minimum atomic E-state index is -2.05. The number of hydroxylamine groups is 2. The van der Waals surface area contributed by atoms with E-state index in [1.807, 2.05) is 24.3 Å². The highest BCUT2D eigenvalue weighted by Crippen LogP contribution is 2.40. The van der Waals surface area contributed by atoms with Crippen molar-refractivity contribution in [2.45, 2.75) is 103 Å². The van der Waals surface area contributed by atoms with E-state index >= 15 is 0 Å². The molecule has 0 fully saturated rings. The largest absolute Gasteiger partial charge is 0.414 e. The zero-order valence-corrected chi connectivity index (χ0v) is 26.8. The smallest absolute Gasteiger partial charge is 0.269 e. The number of benzene rings is 1. The zero-order chi connectivity index (χ0) is 27.8. The SMILES string of the molecule is CON(C)C(=O)/C=C/C[C@@H](C[C@H](/C=C/c1ccccc1)O[Si](C)(C)C(C)(C)C)O[Si](C)(C)C(C)(C)C. The van der Waals surface area contributed by atoms with Gasteiger partial charge in [-0.1, -0.05) is 90.1 Å². The van der Waals surface area contributed by atoms with Crippen LogP contribution in [-0.2, 0) is 18.5 Å². The third-order valence-electron chi connectivity index (χ3n) is 7.56. The van der Waals surface area contributed by atoms with E-state index in [0.29, 0.717) is 6.42 Å². The number of nitrogens with zero attached hydrogens (tertiary/aromatic N) is 1. The molecule has 0 heterocycles. The Morgan fingerprint density at radius 2 is 1.47 bits per heavy atom. The van der Waals surface area contributed by atoms with Crippen LogP contribution >= 0.6 is 0 Å². The van der Waals surface area contributed by atoms with Gasteiger partial charge in [-0.05, 0) is 48.2 Å². The van der Waals surface area contributed by atoms with E-state index in [1.54, 1.807) is 13.1 Å². The van der Waals surface area contributed by atoms with E-state index in [4.69, 9.17) is 13.7 Å². The van der Waals surface area contributed by atoms with Crippen molar-refractivity contribution in [2.75, 3.05) is 14.2 Å². The van der Waals surface area contributed by atoms with Crippen LogP contribution in [0.25, 0.3) is 6.08 Å². The van der Waals surface area contributed by atoms with Crippen molar-refractivity contribution in [1.82, 2.24) is 5.06 Å². The lowest BCUT2D eigenvalue weighted by molar-refractivity contribution is -0.162. The van der Waals surface area contributed by atoms with Gasteiger partial charge in [-0.15, -0.1) is 0 Å². The van der Waals surface area contributed by atoms with Crippen LogP contribution in [0.1, 0.15) is 59.9 Å². The van der Waals surface area contributed by atoms with E-state index in [9.17, 15) is 4.79 Å². The molecule has 0 bridgehead atoms. The maximum atomic E-state index is 12.2. The van der Waals surface area contributed by atoms with Gasteiger partial charge in [-0.3, -0.25) is 9.63 Å². The average molecular weight is 534 g/mol. The first-order valence-electron chi connectivity index (χ1n) is 13.0. The van der Waals surface area contributed by atoms with Crippen LogP contribution in [0.2, 0.25) is 36.3 Å². The fourth-order valence-electron chi connectivity index (χ4n) is 3.06. The summed E-state index contributed by atoms with van der Waals surface area (Å²) in [7, 11) is -0.985. The molecule has 0 radical (unpaired) electrons.